The molecule has 196 valence electrons. The monoisotopic (exact) mass is 519 g/mol. The third-order valence-electron chi connectivity index (χ3n) is 6.10. The summed E-state index contributed by atoms with van der Waals surface area (Å²) in [4.78, 5) is 49.7. The Hall–Kier alpha value is -4.12. The van der Waals surface area contributed by atoms with Gasteiger partial charge in [0.05, 0.1) is 37.6 Å². The number of alkyl halides is 1. The van der Waals surface area contributed by atoms with Gasteiger partial charge in [0.25, 0.3) is 17.5 Å². The van der Waals surface area contributed by atoms with E-state index in [0.29, 0.717) is 11.3 Å². The lowest BCUT2D eigenvalue weighted by Gasteiger charge is -2.27. The Kier molecular flexibility index (Phi) is 7.08. The van der Waals surface area contributed by atoms with Crippen LogP contribution in [0, 0.1) is 18.2 Å². The van der Waals surface area contributed by atoms with E-state index in [1.54, 1.807) is 0 Å². The number of urea groups is 1. The lowest BCUT2D eigenvalue weighted by molar-refractivity contribution is -0.176. The highest BCUT2D eigenvalue weighted by Crippen LogP contribution is 2.30. The average Bonchev–Trinajstić information content (AvgIpc) is 3.15. The van der Waals surface area contributed by atoms with Crippen LogP contribution in [0.3, 0.4) is 0 Å². The second-order valence-electron chi connectivity index (χ2n) is 8.82. The number of halogens is 3. The SMILES string of the molecule is [C-]#[N+]c1c(F)ccc(NC(=O)N2CCc3nn4c(c3C2)C(=O)N(C)OC(C(=O)N(C)CC(C)F)C4)c1F. The van der Waals surface area contributed by atoms with Crippen LogP contribution in [-0.4, -0.2) is 81.9 Å². The van der Waals surface area contributed by atoms with Gasteiger partial charge in [-0.25, -0.2) is 27.9 Å². The van der Waals surface area contributed by atoms with Crippen molar-refractivity contribution in [3.8, 4) is 0 Å². The molecule has 2 aliphatic rings. The van der Waals surface area contributed by atoms with Crippen molar-refractivity contribution in [3.63, 3.8) is 0 Å². The van der Waals surface area contributed by atoms with Crippen LogP contribution >= 0.6 is 0 Å². The lowest BCUT2D eigenvalue weighted by atomic mass is 10.1. The summed E-state index contributed by atoms with van der Waals surface area (Å²) in [6.07, 6.45) is -2.10. The topological polar surface area (TPSA) is 104 Å². The summed E-state index contributed by atoms with van der Waals surface area (Å²) < 4.78 is 42.8. The molecule has 37 heavy (non-hydrogen) atoms. The number of anilines is 1. The highest BCUT2D eigenvalue weighted by molar-refractivity contribution is 5.95. The molecule has 0 bridgehead atoms. The molecule has 4 rings (SSSR count). The van der Waals surface area contributed by atoms with Crippen molar-refractivity contribution in [1.82, 2.24) is 24.6 Å². The van der Waals surface area contributed by atoms with Gasteiger partial charge in [0, 0.05) is 32.6 Å². The number of amides is 4. The van der Waals surface area contributed by atoms with Crippen molar-refractivity contribution in [1.29, 1.82) is 0 Å². The van der Waals surface area contributed by atoms with Crippen LogP contribution in [0.4, 0.5) is 29.3 Å². The van der Waals surface area contributed by atoms with Crippen molar-refractivity contribution in [2.45, 2.75) is 38.7 Å². The van der Waals surface area contributed by atoms with Crippen LogP contribution in [0.1, 0.15) is 28.7 Å². The number of likely N-dealkylation sites (N-methyl/N-ethyl adjacent to an activating group) is 1. The molecule has 11 nitrogen and oxygen atoms in total. The maximum absolute atomic E-state index is 14.4. The number of rotatable bonds is 4. The van der Waals surface area contributed by atoms with Gasteiger partial charge in [-0.3, -0.25) is 19.1 Å². The van der Waals surface area contributed by atoms with Crippen molar-refractivity contribution in [3.05, 3.63) is 52.1 Å². The summed E-state index contributed by atoms with van der Waals surface area (Å²) in [7, 11) is 2.78. The molecule has 0 radical (unpaired) electrons. The molecular formula is C23H24F3N7O4. The zero-order valence-electron chi connectivity index (χ0n) is 20.3. The Morgan fingerprint density at radius 3 is 2.78 bits per heavy atom. The molecule has 4 amide bonds. The minimum atomic E-state index is -1.25. The summed E-state index contributed by atoms with van der Waals surface area (Å²) >= 11 is 0. The number of carbonyl (C=O) groups is 3. The molecule has 2 atom stereocenters. The van der Waals surface area contributed by atoms with Crippen molar-refractivity contribution < 1.29 is 32.4 Å². The van der Waals surface area contributed by atoms with Crippen LogP contribution in [0.5, 0.6) is 0 Å². The van der Waals surface area contributed by atoms with E-state index >= 15 is 0 Å². The molecule has 2 aliphatic heterocycles. The van der Waals surface area contributed by atoms with E-state index in [-0.39, 0.29) is 44.0 Å². The largest absolute Gasteiger partial charge is 0.340 e. The highest BCUT2D eigenvalue weighted by atomic mass is 19.1. The molecule has 0 aliphatic carbocycles. The van der Waals surface area contributed by atoms with Crippen LogP contribution in [0.2, 0.25) is 0 Å². The number of hydrogen-bond acceptors (Lipinski definition) is 5. The summed E-state index contributed by atoms with van der Waals surface area (Å²) in [6.45, 7) is 8.14. The minimum absolute atomic E-state index is 0.0492. The van der Waals surface area contributed by atoms with Gasteiger partial charge in [-0.2, -0.15) is 5.10 Å². The second-order valence-corrected chi connectivity index (χ2v) is 8.82. The standard InChI is InChI=1S/C23H24F3N7O4/c1-12(24)9-30(3)21(34)17-11-33-20(22(35)31(4)37-17)13-10-32(8-7-15(13)29-33)23(36)28-16-6-5-14(25)19(27-2)18(16)26/h5-6,12,17H,7-11H2,1,3-4H3,(H,28,36). The number of nitrogens with one attached hydrogen (secondary N) is 1. The molecule has 1 N–H and O–H groups in total. The van der Waals surface area contributed by atoms with Gasteiger partial charge < -0.3 is 15.1 Å². The molecule has 14 heteroatoms. The van der Waals surface area contributed by atoms with E-state index < -0.39 is 47.4 Å². The summed E-state index contributed by atoms with van der Waals surface area (Å²) in [5, 5.41) is 7.72. The van der Waals surface area contributed by atoms with Crippen LogP contribution in [0.25, 0.3) is 4.85 Å². The molecule has 1 aromatic heterocycles. The predicted octanol–water partition coefficient (Wildman–Crippen LogP) is 2.50. The number of hydrogen-bond donors (Lipinski definition) is 1. The summed E-state index contributed by atoms with van der Waals surface area (Å²) in [5.41, 5.74) is -0.0422. The number of benzene rings is 1. The zero-order valence-corrected chi connectivity index (χ0v) is 20.3. The Morgan fingerprint density at radius 1 is 1.38 bits per heavy atom. The molecule has 0 saturated heterocycles. The number of fused-ring (bicyclic) bond motifs is 3. The average molecular weight is 519 g/mol. The smallest absolute Gasteiger partial charge is 0.322 e. The van der Waals surface area contributed by atoms with E-state index in [4.69, 9.17) is 11.4 Å². The third-order valence-corrected chi connectivity index (χ3v) is 6.10. The first-order chi connectivity index (χ1) is 17.5. The minimum Gasteiger partial charge on any atom is -0.340 e. The van der Waals surface area contributed by atoms with Gasteiger partial charge in [0.1, 0.15) is 17.7 Å². The molecule has 0 spiro atoms. The Labute approximate surface area is 210 Å². The first kappa shape index (κ1) is 26.0. The first-order valence-electron chi connectivity index (χ1n) is 11.4. The van der Waals surface area contributed by atoms with Crippen LogP contribution in [0.15, 0.2) is 12.1 Å². The van der Waals surface area contributed by atoms with Gasteiger partial charge in [0.2, 0.25) is 0 Å². The van der Waals surface area contributed by atoms with E-state index in [1.165, 1.54) is 35.5 Å². The molecule has 2 aromatic rings. The summed E-state index contributed by atoms with van der Waals surface area (Å²) in [5.74, 6) is -3.33. The first-order valence-corrected chi connectivity index (χ1v) is 11.4. The fourth-order valence-electron chi connectivity index (χ4n) is 4.32. The Bertz CT molecular complexity index is 1310. The Balaban J connectivity index is 1.56. The van der Waals surface area contributed by atoms with E-state index in [9.17, 15) is 27.6 Å². The molecule has 3 heterocycles. The zero-order chi connectivity index (χ0) is 27.0. The van der Waals surface area contributed by atoms with Crippen molar-refractivity contribution >= 4 is 29.2 Å². The van der Waals surface area contributed by atoms with Crippen LogP contribution < -0.4 is 5.32 Å². The maximum atomic E-state index is 14.4. The van der Waals surface area contributed by atoms with Gasteiger partial charge in [-0.05, 0) is 19.1 Å². The predicted molar refractivity (Wildman–Crippen MR) is 123 cm³/mol. The molecule has 1 aromatic carbocycles. The molecule has 0 saturated carbocycles. The lowest BCUT2D eigenvalue weighted by Crippen LogP contribution is -2.44. The molecule has 2 unspecified atom stereocenters. The normalized spacial score (nSPS) is 17.9. The van der Waals surface area contributed by atoms with Crippen molar-refractivity contribution in [2.24, 2.45) is 0 Å². The summed E-state index contributed by atoms with van der Waals surface area (Å²) in [6, 6.07) is 1.19. The van der Waals surface area contributed by atoms with E-state index in [0.717, 1.165) is 17.2 Å². The second kappa shape index (κ2) is 10.1. The Morgan fingerprint density at radius 2 is 2.11 bits per heavy atom. The number of aromatic nitrogens is 2. The third kappa shape index (κ3) is 4.94. The highest BCUT2D eigenvalue weighted by Gasteiger charge is 2.38. The quantitative estimate of drug-likeness (QED) is 0.626. The molecule has 0 fully saturated rings. The maximum Gasteiger partial charge on any atom is 0.322 e. The number of nitrogens with zero attached hydrogens (tertiary/aromatic N) is 6. The van der Waals surface area contributed by atoms with Crippen LogP contribution in [-0.2, 0) is 29.1 Å². The fourth-order valence-corrected chi connectivity index (χ4v) is 4.32. The van der Waals surface area contributed by atoms with Gasteiger partial charge >= 0.3 is 6.03 Å². The van der Waals surface area contributed by atoms with Gasteiger partial charge in [-0.15, -0.1) is 0 Å². The van der Waals surface area contributed by atoms with Gasteiger partial charge in [0.15, 0.2) is 11.9 Å². The van der Waals surface area contributed by atoms with E-state index in [2.05, 4.69) is 15.3 Å². The fraction of sp³-hybridized carbons (Fsp3) is 0.435. The number of hydroxylamine groups is 2. The van der Waals surface area contributed by atoms with Crippen molar-refractivity contribution in [2.75, 3.05) is 32.5 Å². The van der Waals surface area contributed by atoms with E-state index in [1.807, 2.05) is 0 Å². The molecular weight excluding hydrogens is 495 g/mol. The number of carbonyl (C=O) groups excluding carboxylic acids is 3. The van der Waals surface area contributed by atoms with Gasteiger partial charge in [-0.1, -0.05) is 0 Å².